The number of rotatable bonds is 5. The van der Waals surface area contributed by atoms with Gasteiger partial charge in [0.05, 0.1) is 14.2 Å². The van der Waals surface area contributed by atoms with E-state index in [4.69, 9.17) is 14.2 Å². The second kappa shape index (κ2) is 8.54. The highest BCUT2D eigenvalue weighted by molar-refractivity contribution is 5.99. The number of amides is 1. The quantitative estimate of drug-likeness (QED) is 0.754. The first kappa shape index (κ1) is 18.7. The molecule has 1 unspecified atom stereocenters. The molecule has 0 N–H and O–H groups in total. The van der Waals surface area contributed by atoms with Crippen LogP contribution in [-0.2, 0) is 9.53 Å². The van der Waals surface area contributed by atoms with E-state index in [9.17, 15) is 9.59 Å². The fourth-order valence-corrected chi connectivity index (χ4v) is 3.82. The van der Waals surface area contributed by atoms with Gasteiger partial charge in [0.2, 0.25) is 5.91 Å². The number of hydrogen-bond donors (Lipinski definition) is 0. The summed E-state index contributed by atoms with van der Waals surface area (Å²) in [4.78, 5) is 27.6. The summed E-state index contributed by atoms with van der Waals surface area (Å²) < 4.78 is 15.9. The Hall–Kier alpha value is -2.08. The zero-order chi connectivity index (χ0) is 18.5. The average Bonchev–Trinajstić information content (AvgIpc) is 2.72. The van der Waals surface area contributed by atoms with E-state index in [1.165, 1.54) is 0 Å². The van der Waals surface area contributed by atoms with Gasteiger partial charge in [0.25, 0.3) is 0 Å². The number of nitrogens with zero attached hydrogens (tertiary/aromatic N) is 1. The summed E-state index contributed by atoms with van der Waals surface area (Å²) in [6.45, 7) is 2.55. The average molecular weight is 361 g/mol. The molecule has 2 aliphatic heterocycles. The third kappa shape index (κ3) is 4.01. The van der Waals surface area contributed by atoms with Gasteiger partial charge in [-0.15, -0.1) is 0 Å². The molecule has 0 bridgehead atoms. The lowest BCUT2D eigenvalue weighted by Crippen LogP contribution is -2.45. The summed E-state index contributed by atoms with van der Waals surface area (Å²) in [6.07, 6.45) is 3.23. The van der Waals surface area contributed by atoms with Gasteiger partial charge in [0.1, 0.15) is 0 Å². The highest BCUT2D eigenvalue weighted by Gasteiger charge is 2.33. The zero-order valence-corrected chi connectivity index (χ0v) is 15.5. The predicted molar refractivity (Wildman–Crippen MR) is 96.7 cm³/mol. The molecule has 26 heavy (non-hydrogen) atoms. The smallest absolute Gasteiger partial charge is 0.225 e. The van der Waals surface area contributed by atoms with Gasteiger partial charge in [0.15, 0.2) is 17.3 Å². The van der Waals surface area contributed by atoms with E-state index >= 15 is 0 Å². The molecule has 0 aliphatic carbocycles. The van der Waals surface area contributed by atoms with Crippen molar-refractivity contribution in [1.29, 1.82) is 0 Å². The van der Waals surface area contributed by atoms with E-state index in [0.717, 1.165) is 32.2 Å². The molecule has 0 spiro atoms. The monoisotopic (exact) mass is 361 g/mol. The summed E-state index contributed by atoms with van der Waals surface area (Å²) >= 11 is 0. The molecular weight excluding hydrogens is 334 g/mol. The topological polar surface area (TPSA) is 65.1 Å². The molecule has 2 aliphatic rings. The van der Waals surface area contributed by atoms with Crippen molar-refractivity contribution in [2.24, 2.45) is 11.8 Å². The molecule has 0 radical (unpaired) electrons. The SMILES string of the molecule is COc1ccc(C(=O)C2CCCN(C(=O)C3CCOCC3)C2)cc1OC. The Kier molecular flexibility index (Phi) is 6.14. The van der Waals surface area contributed by atoms with Gasteiger partial charge in [-0.25, -0.2) is 0 Å². The van der Waals surface area contributed by atoms with Gasteiger partial charge in [-0.2, -0.15) is 0 Å². The van der Waals surface area contributed by atoms with E-state index in [2.05, 4.69) is 0 Å². The number of hydrogen-bond acceptors (Lipinski definition) is 5. The van der Waals surface area contributed by atoms with Crippen molar-refractivity contribution in [3.05, 3.63) is 23.8 Å². The van der Waals surface area contributed by atoms with Crippen LogP contribution in [0, 0.1) is 11.8 Å². The normalized spacial score (nSPS) is 21.3. The van der Waals surface area contributed by atoms with Crippen molar-refractivity contribution in [2.75, 3.05) is 40.5 Å². The molecular formula is C20H27NO5. The van der Waals surface area contributed by atoms with Gasteiger partial charge >= 0.3 is 0 Å². The molecule has 1 aromatic rings. The molecule has 0 saturated carbocycles. The number of ether oxygens (including phenoxy) is 3. The van der Waals surface area contributed by atoms with Crippen LogP contribution in [0.1, 0.15) is 36.0 Å². The fraction of sp³-hybridized carbons (Fsp3) is 0.600. The Bertz CT molecular complexity index is 654. The van der Waals surface area contributed by atoms with Crippen LogP contribution in [0.2, 0.25) is 0 Å². The highest BCUT2D eigenvalue weighted by atomic mass is 16.5. The number of Topliss-reactive ketones (excluding diaryl/α,β-unsaturated/α-hetero) is 1. The first-order valence-electron chi connectivity index (χ1n) is 9.26. The van der Waals surface area contributed by atoms with Crippen LogP contribution in [0.15, 0.2) is 18.2 Å². The molecule has 0 aromatic heterocycles. The zero-order valence-electron chi connectivity index (χ0n) is 15.5. The summed E-state index contributed by atoms with van der Waals surface area (Å²) in [6, 6.07) is 5.24. The summed E-state index contributed by atoms with van der Waals surface area (Å²) in [5.74, 6) is 1.27. The van der Waals surface area contributed by atoms with Crippen LogP contribution in [0.3, 0.4) is 0 Å². The maximum Gasteiger partial charge on any atom is 0.225 e. The lowest BCUT2D eigenvalue weighted by atomic mass is 9.88. The van der Waals surface area contributed by atoms with E-state index in [0.29, 0.717) is 36.8 Å². The van der Waals surface area contributed by atoms with Gasteiger partial charge < -0.3 is 19.1 Å². The van der Waals surface area contributed by atoms with Crippen LogP contribution >= 0.6 is 0 Å². The van der Waals surface area contributed by atoms with Crippen molar-refractivity contribution >= 4 is 11.7 Å². The first-order valence-corrected chi connectivity index (χ1v) is 9.26. The van der Waals surface area contributed by atoms with E-state index in [1.807, 2.05) is 4.90 Å². The predicted octanol–water partition coefficient (Wildman–Crippen LogP) is 2.55. The van der Waals surface area contributed by atoms with Gasteiger partial charge in [-0.05, 0) is 43.9 Å². The third-order valence-corrected chi connectivity index (χ3v) is 5.34. The molecule has 1 aromatic carbocycles. The van der Waals surface area contributed by atoms with Crippen molar-refractivity contribution < 1.29 is 23.8 Å². The number of ketones is 1. The van der Waals surface area contributed by atoms with E-state index in [1.54, 1.807) is 32.4 Å². The molecule has 3 rings (SSSR count). The van der Waals surface area contributed by atoms with Crippen LogP contribution in [-0.4, -0.2) is 57.1 Å². The van der Waals surface area contributed by atoms with E-state index < -0.39 is 0 Å². The summed E-state index contributed by atoms with van der Waals surface area (Å²) in [5, 5.41) is 0. The highest BCUT2D eigenvalue weighted by Crippen LogP contribution is 2.30. The second-order valence-corrected chi connectivity index (χ2v) is 6.94. The molecule has 6 heteroatoms. The molecule has 142 valence electrons. The lowest BCUT2D eigenvalue weighted by Gasteiger charge is -2.35. The fourth-order valence-electron chi connectivity index (χ4n) is 3.82. The third-order valence-electron chi connectivity index (χ3n) is 5.34. The molecule has 1 atom stereocenters. The van der Waals surface area contributed by atoms with Crippen LogP contribution in [0.5, 0.6) is 11.5 Å². The number of carbonyl (C=O) groups excluding carboxylic acids is 2. The molecule has 6 nitrogen and oxygen atoms in total. The largest absolute Gasteiger partial charge is 0.493 e. The van der Waals surface area contributed by atoms with E-state index in [-0.39, 0.29) is 23.5 Å². The summed E-state index contributed by atoms with van der Waals surface area (Å²) in [5.41, 5.74) is 0.605. The van der Waals surface area contributed by atoms with Crippen LogP contribution in [0.25, 0.3) is 0 Å². The maximum atomic E-state index is 13.0. The molecule has 2 saturated heterocycles. The molecule has 2 fully saturated rings. The van der Waals surface area contributed by atoms with Crippen LogP contribution < -0.4 is 9.47 Å². The Morgan fingerprint density at radius 1 is 1.04 bits per heavy atom. The molecule has 2 heterocycles. The van der Waals surface area contributed by atoms with Gasteiger partial charge in [0, 0.05) is 43.7 Å². The van der Waals surface area contributed by atoms with Crippen molar-refractivity contribution in [3.8, 4) is 11.5 Å². The number of methoxy groups -OCH3 is 2. The standard InChI is InChI=1S/C20H27NO5/c1-24-17-6-5-15(12-18(17)25-2)19(22)16-4-3-9-21(13-16)20(23)14-7-10-26-11-8-14/h5-6,12,14,16H,3-4,7-11,13H2,1-2H3. The minimum absolute atomic E-state index is 0.0404. The van der Waals surface area contributed by atoms with Crippen molar-refractivity contribution in [2.45, 2.75) is 25.7 Å². The number of piperidine rings is 1. The number of benzene rings is 1. The number of carbonyl (C=O) groups is 2. The lowest BCUT2D eigenvalue weighted by molar-refractivity contribution is -0.140. The molecule has 1 amide bonds. The van der Waals surface area contributed by atoms with Crippen LogP contribution in [0.4, 0.5) is 0 Å². The minimum atomic E-state index is -0.161. The van der Waals surface area contributed by atoms with Gasteiger partial charge in [-0.3, -0.25) is 9.59 Å². The Balaban J connectivity index is 1.68. The Labute approximate surface area is 154 Å². The summed E-state index contributed by atoms with van der Waals surface area (Å²) in [7, 11) is 3.13. The number of likely N-dealkylation sites (tertiary alicyclic amines) is 1. The van der Waals surface area contributed by atoms with Crippen molar-refractivity contribution in [1.82, 2.24) is 4.90 Å². The van der Waals surface area contributed by atoms with Crippen molar-refractivity contribution in [3.63, 3.8) is 0 Å². The Morgan fingerprint density at radius 2 is 1.77 bits per heavy atom. The minimum Gasteiger partial charge on any atom is -0.493 e. The maximum absolute atomic E-state index is 13.0. The first-order chi connectivity index (χ1) is 12.6. The second-order valence-electron chi connectivity index (χ2n) is 6.94. The van der Waals surface area contributed by atoms with Gasteiger partial charge in [-0.1, -0.05) is 0 Å². The Morgan fingerprint density at radius 3 is 2.46 bits per heavy atom.